The zero-order valence-corrected chi connectivity index (χ0v) is 11.9. The van der Waals surface area contributed by atoms with E-state index in [1.165, 1.54) is 0 Å². The molecule has 4 nitrogen and oxygen atoms in total. The van der Waals surface area contributed by atoms with Crippen LogP contribution in [0.5, 0.6) is 0 Å². The third-order valence-corrected chi connectivity index (χ3v) is 3.23. The molecular formula is C15H21N3O. The predicted molar refractivity (Wildman–Crippen MR) is 74.8 cm³/mol. The van der Waals surface area contributed by atoms with E-state index >= 15 is 0 Å². The summed E-state index contributed by atoms with van der Waals surface area (Å²) in [5.74, 6) is 1.31. The molecule has 2 atom stereocenters. The molecule has 0 aliphatic heterocycles. The minimum Gasteiger partial charge on any atom is -0.339 e. The molecule has 0 spiro atoms. The van der Waals surface area contributed by atoms with Crippen LogP contribution in [0.4, 0.5) is 0 Å². The molecule has 2 N–H and O–H groups in total. The summed E-state index contributed by atoms with van der Waals surface area (Å²) < 4.78 is 5.35. The first-order valence-electron chi connectivity index (χ1n) is 6.54. The Hall–Kier alpha value is -1.68. The van der Waals surface area contributed by atoms with E-state index < -0.39 is 0 Å². The van der Waals surface area contributed by atoms with Crippen LogP contribution in [-0.4, -0.2) is 10.1 Å². The van der Waals surface area contributed by atoms with E-state index in [0.717, 1.165) is 11.4 Å². The van der Waals surface area contributed by atoms with Gasteiger partial charge < -0.3 is 10.3 Å². The molecule has 4 heteroatoms. The van der Waals surface area contributed by atoms with Gasteiger partial charge in [-0.25, -0.2) is 0 Å². The highest BCUT2D eigenvalue weighted by Crippen LogP contribution is 2.29. The molecule has 2 aromatic rings. The van der Waals surface area contributed by atoms with Gasteiger partial charge in [-0.1, -0.05) is 63.2 Å². The molecule has 0 saturated carbocycles. The number of nitrogens with zero attached hydrogens (tertiary/aromatic N) is 2. The van der Waals surface area contributed by atoms with Crippen LogP contribution in [0.1, 0.15) is 56.9 Å². The fourth-order valence-corrected chi connectivity index (χ4v) is 1.84. The molecule has 0 bridgehead atoms. The van der Waals surface area contributed by atoms with Crippen molar-refractivity contribution < 1.29 is 4.52 Å². The average molecular weight is 259 g/mol. The second-order valence-electron chi connectivity index (χ2n) is 5.93. The number of aromatic nitrogens is 2. The summed E-state index contributed by atoms with van der Waals surface area (Å²) in [7, 11) is 0. The summed E-state index contributed by atoms with van der Waals surface area (Å²) in [4.78, 5) is 4.47. The summed E-state index contributed by atoms with van der Waals surface area (Å²) in [5.41, 5.74) is 7.22. The lowest BCUT2D eigenvalue weighted by Crippen LogP contribution is -2.18. The van der Waals surface area contributed by atoms with Crippen molar-refractivity contribution in [2.24, 2.45) is 5.73 Å². The van der Waals surface area contributed by atoms with Crippen molar-refractivity contribution in [2.45, 2.75) is 45.1 Å². The lowest BCUT2D eigenvalue weighted by Gasteiger charge is -2.16. The van der Waals surface area contributed by atoms with Gasteiger partial charge in [-0.3, -0.25) is 0 Å². The number of benzene rings is 1. The lowest BCUT2D eigenvalue weighted by atomic mass is 9.94. The number of hydrogen-bond donors (Lipinski definition) is 1. The van der Waals surface area contributed by atoms with E-state index in [1.54, 1.807) is 0 Å². The van der Waals surface area contributed by atoms with E-state index in [1.807, 2.05) is 37.3 Å². The molecule has 19 heavy (non-hydrogen) atoms. The van der Waals surface area contributed by atoms with Crippen molar-refractivity contribution in [1.29, 1.82) is 0 Å². The molecule has 1 aromatic heterocycles. The molecule has 0 radical (unpaired) electrons. The maximum atomic E-state index is 6.26. The van der Waals surface area contributed by atoms with E-state index in [0.29, 0.717) is 5.89 Å². The molecule has 2 unspecified atom stereocenters. The largest absolute Gasteiger partial charge is 0.339 e. The molecule has 0 aliphatic rings. The van der Waals surface area contributed by atoms with Gasteiger partial charge in [-0.15, -0.1) is 0 Å². The third kappa shape index (κ3) is 3.01. The van der Waals surface area contributed by atoms with Crippen LogP contribution in [0.2, 0.25) is 0 Å². The zero-order chi connectivity index (χ0) is 14.0. The monoisotopic (exact) mass is 259 g/mol. The van der Waals surface area contributed by atoms with Crippen molar-refractivity contribution in [1.82, 2.24) is 10.1 Å². The van der Waals surface area contributed by atoms with Crippen molar-refractivity contribution in [2.75, 3.05) is 0 Å². The average Bonchev–Trinajstić information content (AvgIpc) is 2.87. The molecule has 1 heterocycles. The van der Waals surface area contributed by atoms with Gasteiger partial charge in [0, 0.05) is 11.5 Å². The van der Waals surface area contributed by atoms with Crippen molar-refractivity contribution in [3.63, 3.8) is 0 Å². The standard InChI is InChI=1S/C15H21N3O/c1-10(12(16)11-8-6-5-7-9-11)13-17-14(18-19-13)15(2,3)4/h5-10,12H,16H2,1-4H3. The second kappa shape index (κ2) is 5.13. The van der Waals surface area contributed by atoms with Crippen LogP contribution >= 0.6 is 0 Å². The molecule has 0 saturated heterocycles. The smallest absolute Gasteiger partial charge is 0.231 e. The van der Waals surface area contributed by atoms with E-state index in [9.17, 15) is 0 Å². The minimum absolute atomic E-state index is 0.00833. The Morgan fingerprint density at radius 2 is 1.79 bits per heavy atom. The van der Waals surface area contributed by atoms with Gasteiger partial charge in [0.15, 0.2) is 5.82 Å². The quantitative estimate of drug-likeness (QED) is 0.919. The maximum Gasteiger partial charge on any atom is 0.231 e. The molecular weight excluding hydrogens is 238 g/mol. The van der Waals surface area contributed by atoms with Gasteiger partial charge >= 0.3 is 0 Å². The topological polar surface area (TPSA) is 64.9 Å². The number of nitrogens with two attached hydrogens (primary N) is 1. The fourth-order valence-electron chi connectivity index (χ4n) is 1.84. The van der Waals surface area contributed by atoms with Gasteiger partial charge in [0.1, 0.15) is 0 Å². The first-order valence-corrected chi connectivity index (χ1v) is 6.54. The Balaban J connectivity index is 2.20. The van der Waals surface area contributed by atoms with Crippen LogP contribution in [0, 0.1) is 0 Å². The van der Waals surface area contributed by atoms with Crippen LogP contribution in [-0.2, 0) is 5.41 Å². The molecule has 0 amide bonds. The Morgan fingerprint density at radius 3 is 2.32 bits per heavy atom. The molecule has 0 aliphatic carbocycles. The molecule has 0 fully saturated rings. The van der Waals surface area contributed by atoms with Gasteiger partial charge in [-0.05, 0) is 5.56 Å². The van der Waals surface area contributed by atoms with Crippen LogP contribution in [0.25, 0.3) is 0 Å². The lowest BCUT2D eigenvalue weighted by molar-refractivity contribution is 0.334. The van der Waals surface area contributed by atoms with Gasteiger partial charge in [0.2, 0.25) is 5.89 Å². The van der Waals surface area contributed by atoms with E-state index in [4.69, 9.17) is 10.3 Å². The van der Waals surface area contributed by atoms with Crippen molar-refractivity contribution >= 4 is 0 Å². The highest BCUT2D eigenvalue weighted by atomic mass is 16.5. The Kier molecular flexibility index (Phi) is 3.71. The Morgan fingerprint density at radius 1 is 1.16 bits per heavy atom. The van der Waals surface area contributed by atoms with Crippen molar-refractivity contribution in [3.8, 4) is 0 Å². The Bertz CT molecular complexity index is 528. The first kappa shape index (κ1) is 13.7. The summed E-state index contributed by atoms with van der Waals surface area (Å²) >= 11 is 0. The van der Waals surface area contributed by atoms with E-state index in [-0.39, 0.29) is 17.4 Å². The second-order valence-corrected chi connectivity index (χ2v) is 5.93. The zero-order valence-electron chi connectivity index (χ0n) is 11.9. The Labute approximate surface area is 114 Å². The predicted octanol–water partition coefficient (Wildman–Crippen LogP) is 3.17. The SMILES string of the molecule is CC(c1nc(C(C)(C)C)no1)C(N)c1ccccc1. The fraction of sp³-hybridized carbons (Fsp3) is 0.467. The normalized spacial score (nSPS) is 15.2. The summed E-state index contributed by atoms with van der Waals surface area (Å²) in [6.45, 7) is 8.19. The molecule has 2 rings (SSSR count). The third-order valence-electron chi connectivity index (χ3n) is 3.23. The molecule has 1 aromatic carbocycles. The maximum absolute atomic E-state index is 6.26. The summed E-state index contributed by atoms with van der Waals surface area (Å²) in [6.07, 6.45) is 0. The highest BCUT2D eigenvalue weighted by molar-refractivity contribution is 5.21. The van der Waals surface area contributed by atoms with Crippen LogP contribution in [0.3, 0.4) is 0 Å². The number of hydrogen-bond acceptors (Lipinski definition) is 4. The minimum atomic E-state index is -0.144. The van der Waals surface area contributed by atoms with Crippen LogP contribution < -0.4 is 5.73 Å². The number of rotatable bonds is 3. The summed E-state index contributed by atoms with van der Waals surface area (Å²) in [6, 6.07) is 9.83. The highest BCUT2D eigenvalue weighted by Gasteiger charge is 2.26. The van der Waals surface area contributed by atoms with Gasteiger partial charge in [0.05, 0.1) is 5.92 Å². The van der Waals surface area contributed by atoms with Crippen molar-refractivity contribution in [3.05, 3.63) is 47.6 Å². The summed E-state index contributed by atoms with van der Waals surface area (Å²) in [5, 5.41) is 4.04. The first-order chi connectivity index (χ1) is 8.89. The van der Waals surface area contributed by atoms with Crippen LogP contribution in [0.15, 0.2) is 34.9 Å². The van der Waals surface area contributed by atoms with Gasteiger partial charge in [0.25, 0.3) is 0 Å². The van der Waals surface area contributed by atoms with Gasteiger partial charge in [-0.2, -0.15) is 4.98 Å². The molecule has 102 valence electrons. The van der Waals surface area contributed by atoms with E-state index in [2.05, 4.69) is 30.9 Å².